The molecule has 0 unspecified atom stereocenters. The van der Waals surface area contributed by atoms with Gasteiger partial charge in [0, 0.05) is 101 Å². The topological polar surface area (TPSA) is 67.3 Å². The Hall–Kier alpha value is -2.63. The van der Waals surface area contributed by atoms with Gasteiger partial charge in [-0.1, -0.05) is 77.1 Å². The number of benzene rings is 2. The molecule has 224 valence electrons. The summed E-state index contributed by atoms with van der Waals surface area (Å²) in [6, 6.07) is 14.7. The van der Waals surface area contributed by atoms with Crippen LogP contribution in [-0.4, -0.2) is 88.9 Å². The summed E-state index contributed by atoms with van der Waals surface area (Å²) in [5.41, 5.74) is 5.32. The summed E-state index contributed by atoms with van der Waals surface area (Å²) in [7, 11) is 3.36. The third kappa shape index (κ3) is 7.29. The molecule has 0 saturated carbocycles. The third-order valence-electron chi connectivity index (χ3n) is 8.32. The van der Waals surface area contributed by atoms with E-state index in [-0.39, 0.29) is 11.8 Å². The number of hydrogen-bond acceptors (Lipinski definition) is 8. The number of rotatable bonds is 9. The second-order valence-corrected chi connectivity index (χ2v) is 13.9. The summed E-state index contributed by atoms with van der Waals surface area (Å²) in [6.45, 7) is 11.1. The van der Waals surface area contributed by atoms with Gasteiger partial charge in [0.05, 0.1) is 4.88 Å². The van der Waals surface area contributed by atoms with Crippen LogP contribution in [0.4, 0.5) is 0 Å². The molecule has 0 spiro atoms. The van der Waals surface area contributed by atoms with Gasteiger partial charge in [-0.15, -0.1) is 0 Å². The lowest BCUT2D eigenvalue weighted by atomic mass is 9.98. The van der Waals surface area contributed by atoms with Gasteiger partial charge in [0.2, 0.25) is 11.8 Å². The molecular formula is C32H40N4O3S3. The molecule has 1 N–H and O–H groups in total. The second kappa shape index (κ2) is 14.2. The second-order valence-electron chi connectivity index (χ2n) is 11.1. The van der Waals surface area contributed by atoms with Crippen LogP contribution in [0.25, 0.3) is 10.4 Å². The summed E-state index contributed by atoms with van der Waals surface area (Å²) < 4.78 is 0.920. The van der Waals surface area contributed by atoms with Crippen molar-refractivity contribution in [3.05, 3.63) is 68.5 Å². The zero-order chi connectivity index (χ0) is 29.6. The van der Waals surface area contributed by atoms with Crippen LogP contribution in [0.3, 0.4) is 0 Å². The van der Waals surface area contributed by atoms with Gasteiger partial charge in [-0.05, 0) is 23.3 Å². The molecule has 2 aromatic carbocycles. The highest BCUT2D eigenvalue weighted by Gasteiger charge is 2.25. The number of amides is 2. The number of hydrogen-bond donors (Lipinski definition) is 1. The molecule has 2 aliphatic rings. The number of carbonyl (C=O) groups is 2. The maximum Gasteiger partial charge on any atom is 0.222 e. The molecule has 5 rings (SSSR count). The number of piperazine rings is 2. The van der Waals surface area contributed by atoms with Gasteiger partial charge in [-0.2, -0.15) is 0 Å². The summed E-state index contributed by atoms with van der Waals surface area (Å²) >= 11 is 5.81. The molecule has 0 atom stereocenters. The summed E-state index contributed by atoms with van der Waals surface area (Å²) in [5.74, 6) is 0.751. The van der Waals surface area contributed by atoms with Crippen LogP contribution in [-0.2, 0) is 29.1 Å². The van der Waals surface area contributed by atoms with Crippen LogP contribution < -0.4 is 0 Å². The minimum atomic E-state index is 0.201. The van der Waals surface area contributed by atoms with E-state index in [9.17, 15) is 14.7 Å². The van der Waals surface area contributed by atoms with Crippen molar-refractivity contribution in [2.45, 2.75) is 46.2 Å². The van der Waals surface area contributed by atoms with E-state index >= 15 is 0 Å². The van der Waals surface area contributed by atoms with Crippen molar-refractivity contribution >= 4 is 44.7 Å². The van der Waals surface area contributed by atoms with Crippen molar-refractivity contribution in [2.24, 2.45) is 0 Å². The third-order valence-corrected chi connectivity index (χ3v) is 11.5. The van der Waals surface area contributed by atoms with Crippen molar-refractivity contribution in [1.82, 2.24) is 19.6 Å². The van der Waals surface area contributed by atoms with Crippen molar-refractivity contribution in [1.29, 1.82) is 0 Å². The Labute approximate surface area is 261 Å². The molecule has 1 aromatic heterocycles. The average molecular weight is 625 g/mol. The van der Waals surface area contributed by atoms with E-state index < -0.39 is 0 Å². The number of aromatic hydroxyl groups is 1. The van der Waals surface area contributed by atoms with Gasteiger partial charge < -0.3 is 14.9 Å². The molecule has 42 heavy (non-hydrogen) atoms. The zero-order valence-electron chi connectivity index (χ0n) is 24.5. The molecular weight excluding hydrogens is 585 g/mol. The highest BCUT2D eigenvalue weighted by molar-refractivity contribution is 7.80. The Kier molecular flexibility index (Phi) is 10.4. The van der Waals surface area contributed by atoms with Crippen LogP contribution in [0.15, 0.2) is 42.5 Å². The van der Waals surface area contributed by atoms with Crippen molar-refractivity contribution in [2.75, 3.05) is 52.4 Å². The van der Waals surface area contributed by atoms with Crippen LogP contribution in [0.5, 0.6) is 5.75 Å². The van der Waals surface area contributed by atoms with E-state index in [4.69, 9.17) is 12.2 Å². The fourth-order valence-corrected chi connectivity index (χ4v) is 8.72. The molecule has 2 amide bonds. The van der Waals surface area contributed by atoms with E-state index in [1.807, 2.05) is 29.7 Å². The van der Waals surface area contributed by atoms with Crippen LogP contribution in [0.1, 0.15) is 48.9 Å². The fraction of sp³-hybridized carbons (Fsp3) is 0.469. The van der Waals surface area contributed by atoms with Crippen LogP contribution in [0, 0.1) is 3.82 Å². The molecule has 3 aromatic rings. The first-order valence-electron chi connectivity index (χ1n) is 14.9. The Morgan fingerprint density at radius 1 is 0.786 bits per heavy atom. The number of phenolic OH excluding ortho intramolecular Hbond substituents is 1. The highest BCUT2D eigenvalue weighted by Crippen LogP contribution is 2.40. The van der Waals surface area contributed by atoms with E-state index in [0.717, 1.165) is 53.1 Å². The van der Waals surface area contributed by atoms with E-state index in [0.29, 0.717) is 57.9 Å². The Balaban J connectivity index is 1.43. The Morgan fingerprint density at radius 2 is 1.29 bits per heavy atom. The molecule has 7 nitrogen and oxygen atoms in total. The normalized spacial score (nSPS) is 16.6. The lowest BCUT2D eigenvalue weighted by Crippen LogP contribution is -2.48. The van der Waals surface area contributed by atoms with Gasteiger partial charge >= 0.3 is 0 Å². The van der Waals surface area contributed by atoms with Gasteiger partial charge in [0.1, 0.15) is 9.57 Å². The smallest absolute Gasteiger partial charge is 0.222 e. The Bertz CT molecular complexity index is 1380. The SMILES string of the molecule is CCC(=O)N1CCN(Cc2cc(-c3ssc(=S)c3Cc3ccccc3)cc(CN3CCN(C(=O)CC)CC3)c2O)CC1. The van der Waals surface area contributed by atoms with Crippen molar-refractivity contribution in [3.8, 4) is 16.2 Å². The van der Waals surface area contributed by atoms with Crippen molar-refractivity contribution in [3.63, 3.8) is 0 Å². The first-order valence-corrected chi connectivity index (χ1v) is 17.4. The molecule has 2 saturated heterocycles. The maximum atomic E-state index is 12.2. The molecule has 0 radical (unpaired) electrons. The fourth-order valence-electron chi connectivity index (χ4n) is 5.82. The molecule has 2 aliphatic heterocycles. The minimum Gasteiger partial charge on any atom is -0.507 e. The number of carbonyl (C=O) groups excluding carboxylic acids is 2. The highest BCUT2D eigenvalue weighted by atomic mass is 32.9. The lowest BCUT2D eigenvalue weighted by Gasteiger charge is -2.36. The monoisotopic (exact) mass is 624 g/mol. The summed E-state index contributed by atoms with van der Waals surface area (Å²) in [5, 5.41) is 11.6. The quantitative estimate of drug-likeness (QED) is 0.247. The summed E-state index contributed by atoms with van der Waals surface area (Å²) in [4.78, 5) is 34.1. The average Bonchev–Trinajstić information content (AvgIpc) is 3.38. The largest absolute Gasteiger partial charge is 0.507 e. The molecule has 3 heterocycles. The Morgan fingerprint density at radius 3 is 1.76 bits per heavy atom. The predicted octanol–water partition coefficient (Wildman–Crippen LogP) is 5.61. The van der Waals surface area contributed by atoms with Gasteiger partial charge in [0.25, 0.3) is 0 Å². The number of nitrogens with zero attached hydrogens (tertiary/aromatic N) is 4. The van der Waals surface area contributed by atoms with E-state index in [1.165, 1.54) is 16.0 Å². The standard InChI is InChI=1S/C32H40N4O3S3/c1-3-28(37)35-14-10-33(11-15-35)21-25-19-24(31-27(32(40)42-41-31)18-23-8-6-5-7-9-23)20-26(30(25)39)22-34-12-16-36(17-13-34)29(38)4-2/h5-9,19-20,39H,3-4,10-18,21-22H2,1-2H3. The minimum absolute atomic E-state index is 0.201. The zero-order valence-corrected chi connectivity index (χ0v) is 27.0. The summed E-state index contributed by atoms with van der Waals surface area (Å²) in [6.07, 6.45) is 1.84. The molecule has 0 aliphatic carbocycles. The van der Waals surface area contributed by atoms with Crippen LogP contribution in [0.2, 0.25) is 0 Å². The first-order chi connectivity index (χ1) is 20.4. The van der Waals surface area contributed by atoms with Gasteiger partial charge in [-0.25, -0.2) is 0 Å². The first kappa shape index (κ1) is 30.8. The van der Waals surface area contributed by atoms with Gasteiger partial charge in [0.15, 0.2) is 0 Å². The van der Waals surface area contributed by atoms with E-state index in [1.54, 1.807) is 20.7 Å². The predicted molar refractivity (Wildman–Crippen MR) is 174 cm³/mol. The molecule has 10 heteroatoms. The lowest BCUT2D eigenvalue weighted by molar-refractivity contribution is -0.133. The van der Waals surface area contributed by atoms with Gasteiger partial charge in [-0.3, -0.25) is 19.4 Å². The number of phenols is 1. The molecule has 2 fully saturated rings. The van der Waals surface area contributed by atoms with E-state index in [2.05, 4.69) is 46.2 Å². The molecule has 0 bridgehead atoms. The maximum absolute atomic E-state index is 12.2. The van der Waals surface area contributed by atoms with Crippen LogP contribution >= 0.6 is 32.9 Å². The van der Waals surface area contributed by atoms with Crippen molar-refractivity contribution < 1.29 is 14.7 Å².